The van der Waals surface area contributed by atoms with Gasteiger partial charge in [-0.2, -0.15) is 0 Å². The lowest BCUT2D eigenvalue weighted by molar-refractivity contribution is -0.278. The largest absolute Gasteiger partial charge is 0.481 e. The number of hydrogen-bond donors (Lipinski definition) is 5. The molecule has 0 amide bonds. The summed E-state index contributed by atoms with van der Waals surface area (Å²) >= 11 is 0. The van der Waals surface area contributed by atoms with Crippen LogP contribution in [-0.4, -0.2) is 81.3 Å². The summed E-state index contributed by atoms with van der Waals surface area (Å²) < 4.78 is 12.0. The number of ether oxygens (including phenoxy) is 2. The van der Waals surface area contributed by atoms with Crippen LogP contribution in [0.1, 0.15) is 127 Å². The van der Waals surface area contributed by atoms with E-state index in [2.05, 4.69) is 54.5 Å². The highest BCUT2D eigenvalue weighted by Crippen LogP contribution is 2.76. The van der Waals surface area contributed by atoms with E-state index >= 15 is 0 Å². The lowest BCUT2D eigenvalue weighted by atomic mass is 9.33. The molecule has 16 atom stereocenters. The quantitative estimate of drug-likeness (QED) is 0.203. The Kier molecular flexibility index (Phi) is 9.44. The van der Waals surface area contributed by atoms with E-state index in [9.17, 15) is 30.3 Å². The van der Waals surface area contributed by atoms with Gasteiger partial charge < -0.3 is 35.0 Å². The molecular weight excluding hydrogens is 620 g/mol. The average Bonchev–Trinajstić information content (AvgIpc) is 3.01. The summed E-state index contributed by atoms with van der Waals surface area (Å²) in [4.78, 5) is 13.0. The standard InChI is InChI=1S/C41H68O8/c1-22(23(2)42)32-34(48-10)31(45)30(44)33(49-32)29(43)25-13-15-38(7)27(37(25,5)6)14-16-40(9)28(38)12-11-24-26-21-36(3,4)17-19-41(26,35(46)47)20-18-39(24,40)8/h11,22-23,25-34,42-45H,12-21H2,1-10H3,(H,46,47)/t22?,23?,25-,26?,27?,28?,29?,30?,31?,32?,33-,34+,38-,39+,40+,41-/m0/s1. The van der Waals surface area contributed by atoms with E-state index in [1.54, 1.807) is 6.92 Å². The topological polar surface area (TPSA) is 137 Å². The van der Waals surface area contributed by atoms with Gasteiger partial charge in [0.2, 0.25) is 0 Å². The van der Waals surface area contributed by atoms with Crippen molar-refractivity contribution in [3.8, 4) is 0 Å². The number of carboxylic acids is 1. The first-order valence-electron chi connectivity index (χ1n) is 19.5. The van der Waals surface area contributed by atoms with Gasteiger partial charge in [0.15, 0.2) is 0 Å². The number of carbonyl (C=O) groups is 1. The lowest BCUT2D eigenvalue weighted by Gasteiger charge is -2.71. The molecule has 0 bridgehead atoms. The van der Waals surface area contributed by atoms with E-state index in [0.29, 0.717) is 11.8 Å². The molecule has 6 aliphatic rings. The first-order chi connectivity index (χ1) is 22.6. The Bertz CT molecular complexity index is 1310. The Morgan fingerprint density at radius 2 is 1.53 bits per heavy atom. The number of allylic oxidation sites excluding steroid dienone is 2. The molecule has 0 aromatic rings. The molecule has 6 rings (SSSR count). The van der Waals surface area contributed by atoms with Gasteiger partial charge in [0, 0.05) is 13.0 Å². The number of aliphatic hydroxyl groups excluding tert-OH is 4. The molecule has 49 heavy (non-hydrogen) atoms. The van der Waals surface area contributed by atoms with Gasteiger partial charge in [-0.15, -0.1) is 0 Å². The van der Waals surface area contributed by atoms with Crippen LogP contribution in [0.15, 0.2) is 11.6 Å². The molecule has 1 aliphatic heterocycles. The maximum absolute atomic E-state index is 13.0. The van der Waals surface area contributed by atoms with E-state index < -0.39 is 54.1 Å². The van der Waals surface area contributed by atoms with Crippen molar-refractivity contribution in [3.63, 3.8) is 0 Å². The van der Waals surface area contributed by atoms with Crippen LogP contribution < -0.4 is 0 Å². The number of hydrogen-bond acceptors (Lipinski definition) is 7. The summed E-state index contributed by atoms with van der Waals surface area (Å²) in [6.07, 6.45) is 4.94. The van der Waals surface area contributed by atoms with E-state index in [1.165, 1.54) is 12.7 Å². The summed E-state index contributed by atoms with van der Waals surface area (Å²) in [5, 5.41) is 55.7. The summed E-state index contributed by atoms with van der Waals surface area (Å²) in [6, 6.07) is 0. The van der Waals surface area contributed by atoms with E-state index in [4.69, 9.17) is 9.47 Å². The number of methoxy groups -OCH3 is 1. The minimum atomic E-state index is -1.31. The normalized spacial score (nSPS) is 50.7. The molecule has 0 aromatic heterocycles. The van der Waals surface area contributed by atoms with E-state index in [0.717, 1.165) is 64.2 Å². The molecule has 8 heteroatoms. The van der Waals surface area contributed by atoms with Crippen LogP contribution in [-0.2, 0) is 14.3 Å². The molecule has 4 saturated carbocycles. The number of carboxylic acid groups (broad SMARTS) is 1. The maximum Gasteiger partial charge on any atom is 0.310 e. The molecule has 1 heterocycles. The van der Waals surface area contributed by atoms with Crippen LogP contribution in [0.25, 0.3) is 0 Å². The Balaban J connectivity index is 1.30. The molecule has 280 valence electrons. The van der Waals surface area contributed by atoms with Gasteiger partial charge in [0.05, 0.1) is 23.7 Å². The highest BCUT2D eigenvalue weighted by Gasteiger charge is 2.70. The second kappa shape index (κ2) is 12.3. The lowest BCUT2D eigenvalue weighted by Crippen LogP contribution is -2.67. The molecule has 1 saturated heterocycles. The second-order valence-corrected chi connectivity index (χ2v) is 20.0. The first-order valence-corrected chi connectivity index (χ1v) is 19.5. The second-order valence-electron chi connectivity index (χ2n) is 20.0. The predicted molar refractivity (Wildman–Crippen MR) is 188 cm³/mol. The SMILES string of the molecule is CO[C@@H]1C(O)C(O)[C@H](C(O)[C@@H]2CC[C@@]3(C)C(CC[C@]4(C)C3CC=C3C5CC(C)(C)CC[C@]5(C(=O)O)CC[C@]34C)C2(C)C)OC1C(C)C(C)O. The highest BCUT2D eigenvalue weighted by atomic mass is 16.6. The van der Waals surface area contributed by atoms with Crippen LogP contribution in [0.4, 0.5) is 0 Å². The van der Waals surface area contributed by atoms with Gasteiger partial charge in [-0.25, -0.2) is 0 Å². The summed E-state index contributed by atoms with van der Waals surface area (Å²) in [5.74, 6) is -0.244. The zero-order valence-electron chi connectivity index (χ0n) is 32.0. The van der Waals surface area contributed by atoms with Crippen molar-refractivity contribution in [2.24, 2.45) is 62.1 Å². The predicted octanol–water partition coefficient (Wildman–Crippen LogP) is 6.37. The third-order valence-electron chi connectivity index (χ3n) is 17.1. The summed E-state index contributed by atoms with van der Waals surface area (Å²) in [5.41, 5.74) is 0.687. The highest BCUT2D eigenvalue weighted by molar-refractivity contribution is 5.76. The van der Waals surface area contributed by atoms with Crippen molar-refractivity contribution in [1.82, 2.24) is 0 Å². The average molecular weight is 689 g/mol. The van der Waals surface area contributed by atoms with Crippen LogP contribution >= 0.6 is 0 Å². The van der Waals surface area contributed by atoms with Crippen molar-refractivity contribution in [3.05, 3.63) is 11.6 Å². The van der Waals surface area contributed by atoms with Crippen molar-refractivity contribution in [1.29, 1.82) is 0 Å². The van der Waals surface area contributed by atoms with Crippen LogP contribution in [0.3, 0.4) is 0 Å². The van der Waals surface area contributed by atoms with Crippen LogP contribution in [0.2, 0.25) is 0 Å². The fraction of sp³-hybridized carbons (Fsp3) is 0.927. The van der Waals surface area contributed by atoms with E-state index in [1.807, 2.05) is 6.92 Å². The van der Waals surface area contributed by atoms with Crippen molar-refractivity contribution in [2.75, 3.05) is 7.11 Å². The Labute approximate surface area is 295 Å². The van der Waals surface area contributed by atoms with Crippen LogP contribution in [0.5, 0.6) is 0 Å². The van der Waals surface area contributed by atoms with Gasteiger partial charge >= 0.3 is 5.97 Å². The Hall–Kier alpha value is -1.03. The number of rotatable bonds is 6. The molecule has 5 aliphatic carbocycles. The zero-order chi connectivity index (χ0) is 36.3. The van der Waals surface area contributed by atoms with Crippen LogP contribution in [0, 0.1) is 62.1 Å². The number of aliphatic hydroxyl groups is 4. The first kappa shape index (κ1) is 37.7. The van der Waals surface area contributed by atoms with Crippen molar-refractivity contribution < 1.29 is 39.8 Å². The van der Waals surface area contributed by atoms with Crippen molar-refractivity contribution >= 4 is 5.97 Å². The maximum atomic E-state index is 13.0. The third-order valence-corrected chi connectivity index (χ3v) is 17.1. The molecule has 9 unspecified atom stereocenters. The summed E-state index contributed by atoms with van der Waals surface area (Å²) in [7, 11) is 1.47. The smallest absolute Gasteiger partial charge is 0.310 e. The summed E-state index contributed by atoms with van der Waals surface area (Å²) in [6.45, 7) is 20.3. The molecule has 0 aromatic carbocycles. The monoisotopic (exact) mass is 688 g/mol. The molecule has 0 radical (unpaired) electrons. The molecule has 8 nitrogen and oxygen atoms in total. The molecule has 0 spiro atoms. The van der Waals surface area contributed by atoms with Gasteiger partial charge in [-0.1, -0.05) is 67.0 Å². The Morgan fingerprint density at radius 1 is 0.878 bits per heavy atom. The number of fused-ring (bicyclic) bond motifs is 7. The zero-order valence-corrected chi connectivity index (χ0v) is 32.0. The Morgan fingerprint density at radius 3 is 2.14 bits per heavy atom. The fourth-order valence-electron chi connectivity index (χ4n) is 13.7. The molecular formula is C41H68O8. The minimum absolute atomic E-state index is 0.0288. The molecule has 5 fully saturated rings. The fourth-order valence-corrected chi connectivity index (χ4v) is 13.7. The third kappa shape index (κ3) is 5.29. The number of aliphatic carboxylic acids is 1. The minimum Gasteiger partial charge on any atom is -0.481 e. The van der Waals surface area contributed by atoms with Gasteiger partial charge in [-0.3, -0.25) is 4.79 Å². The molecule has 5 N–H and O–H groups in total. The van der Waals surface area contributed by atoms with Gasteiger partial charge in [0.25, 0.3) is 0 Å². The van der Waals surface area contributed by atoms with Crippen molar-refractivity contribution in [2.45, 2.75) is 169 Å². The van der Waals surface area contributed by atoms with E-state index in [-0.39, 0.29) is 44.8 Å². The van der Waals surface area contributed by atoms with Gasteiger partial charge in [-0.05, 0) is 122 Å². The van der Waals surface area contributed by atoms with Gasteiger partial charge in [0.1, 0.15) is 24.4 Å².